The molecule has 2 nitrogen and oxygen atoms in total. The van der Waals surface area contributed by atoms with Crippen molar-refractivity contribution in [2.75, 3.05) is 0 Å². The Bertz CT molecular complexity index is 160. The van der Waals surface area contributed by atoms with Gasteiger partial charge in [-0.15, -0.1) is 0 Å². The Morgan fingerprint density at radius 1 is 1.33 bits per heavy atom. The third kappa shape index (κ3) is 4.31. The number of carbonyl (C=O) groups excluding carboxylic acids is 1. The molecule has 0 aromatic heterocycles. The predicted octanol–water partition coefficient (Wildman–Crippen LogP) is 1.90. The molecule has 1 N–H and O–H groups in total. The van der Waals surface area contributed by atoms with E-state index in [1.165, 1.54) is 0 Å². The van der Waals surface area contributed by atoms with Gasteiger partial charge in [0.15, 0.2) is 6.17 Å². The molecular weight excluding hydrogens is 157 g/mol. The van der Waals surface area contributed by atoms with E-state index in [4.69, 9.17) is 0 Å². The normalized spacial score (nSPS) is 14.6. The summed E-state index contributed by atoms with van der Waals surface area (Å²) in [6.45, 7) is 8.87. The maximum Gasteiger partial charge on any atom is 0.255 e. The lowest BCUT2D eigenvalue weighted by molar-refractivity contribution is -0.128. The van der Waals surface area contributed by atoms with Gasteiger partial charge in [0.25, 0.3) is 5.91 Å². The van der Waals surface area contributed by atoms with Crippen molar-refractivity contribution in [1.29, 1.82) is 0 Å². The fourth-order valence-corrected chi connectivity index (χ4v) is 0.741. The number of amides is 1. The zero-order chi connectivity index (χ0) is 9.94. The molecule has 0 aliphatic carbocycles. The maximum atomic E-state index is 13.0. The average Bonchev–Trinajstić information content (AvgIpc) is 1.82. The van der Waals surface area contributed by atoms with Crippen LogP contribution in [-0.4, -0.2) is 17.6 Å². The summed E-state index contributed by atoms with van der Waals surface area (Å²) in [6, 6.07) is 0. The lowest BCUT2D eigenvalue weighted by Crippen LogP contribution is -2.45. The number of hydrogen-bond donors (Lipinski definition) is 1. The molecule has 0 spiro atoms. The highest BCUT2D eigenvalue weighted by atomic mass is 19.1. The van der Waals surface area contributed by atoms with E-state index in [0.29, 0.717) is 0 Å². The molecule has 0 fully saturated rings. The quantitative estimate of drug-likeness (QED) is 0.682. The van der Waals surface area contributed by atoms with Crippen molar-refractivity contribution in [2.24, 2.45) is 5.92 Å². The van der Waals surface area contributed by atoms with Crippen molar-refractivity contribution >= 4 is 5.91 Å². The number of alkyl halides is 1. The van der Waals surface area contributed by atoms with Crippen LogP contribution >= 0.6 is 0 Å². The van der Waals surface area contributed by atoms with E-state index in [2.05, 4.69) is 5.32 Å². The van der Waals surface area contributed by atoms with Crippen LogP contribution in [0.1, 0.15) is 34.6 Å². The Labute approximate surface area is 73.5 Å². The van der Waals surface area contributed by atoms with Crippen molar-refractivity contribution < 1.29 is 9.18 Å². The Kier molecular flexibility index (Phi) is 3.68. The molecular formula is C9H18FNO. The molecule has 0 aromatic rings. The lowest BCUT2D eigenvalue weighted by Gasteiger charge is -2.22. The Morgan fingerprint density at radius 2 is 1.75 bits per heavy atom. The molecule has 0 aromatic carbocycles. The van der Waals surface area contributed by atoms with Gasteiger partial charge in [-0.25, -0.2) is 4.39 Å². The van der Waals surface area contributed by atoms with Crippen molar-refractivity contribution in [3.63, 3.8) is 0 Å². The molecule has 0 aliphatic rings. The summed E-state index contributed by atoms with van der Waals surface area (Å²) >= 11 is 0. The number of nitrogens with one attached hydrogen (secondary N) is 1. The first-order chi connectivity index (χ1) is 5.24. The van der Waals surface area contributed by atoms with Crippen LogP contribution in [0, 0.1) is 5.92 Å². The largest absolute Gasteiger partial charge is 0.349 e. The second kappa shape index (κ2) is 3.87. The van der Waals surface area contributed by atoms with Gasteiger partial charge in [-0.05, 0) is 26.7 Å². The highest BCUT2D eigenvalue weighted by Gasteiger charge is 2.24. The molecule has 0 aliphatic heterocycles. The fourth-order valence-electron chi connectivity index (χ4n) is 0.741. The first-order valence-electron chi connectivity index (χ1n) is 4.20. The molecule has 1 amide bonds. The number of hydrogen-bond acceptors (Lipinski definition) is 1. The van der Waals surface area contributed by atoms with Gasteiger partial charge in [-0.1, -0.05) is 13.8 Å². The Balaban J connectivity index is 4.05. The van der Waals surface area contributed by atoms with Crippen LogP contribution in [0.15, 0.2) is 0 Å². The van der Waals surface area contributed by atoms with Gasteiger partial charge in [0.1, 0.15) is 0 Å². The van der Waals surface area contributed by atoms with Gasteiger partial charge in [0, 0.05) is 5.54 Å². The lowest BCUT2D eigenvalue weighted by atomic mass is 10.1. The first-order valence-corrected chi connectivity index (χ1v) is 4.20. The van der Waals surface area contributed by atoms with Crippen LogP contribution in [0.4, 0.5) is 4.39 Å². The molecule has 0 heterocycles. The van der Waals surface area contributed by atoms with Crippen LogP contribution in [0.2, 0.25) is 0 Å². The van der Waals surface area contributed by atoms with E-state index < -0.39 is 12.1 Å². The smallest absolute Gasteiger partial charge is 0.255 e. The van der Waals surface area contributed by atoms with E-state index in [-0.39, 0.29) is 11.5 Å². The molecule has 3 heteroatoms. The minimum absolute atomic E-state index is 0.257. The van der Waals surface area contributed by atoms with Crippen molar-refractivity contribution in [3.05, 3.63) is 0 Å². The second-order valence-corrected chi connectivity index (χ2v) is 4.39. The summed E-state index contributed by atoms with van der Waals surface area (Å²) in [5.41, 5.74) is -0.351. The van der Waals surface area contributed by atoms with Gasteiger partial charge < -0.3 is 5.32 Å². The Hall–Kier alpha value is -0.600. The number of halogens is 1. The molecule has 0 rings (SSSR count). The van der Waals surface area contributed by atoms with Gasteiger partial charge in [-0.3, -0.25) is 4.79 Å². The zero-order valence-electron chi connectivity index (χ0n) is 8.44. The van der Waals surface area contributed by atoms with E-state index in [9.17, 15) is 9.18 Å². The molecule has 1 unspecified atom stereocenters. The second-order valence-electron chi connectivity index (χ2n) is 4.39. The summed E-state index contributed by atoms with van der Waals surface area (Å²) in [6.07, 6.45) is -1.40. The monoisotopic (exact) mass is 175 g/mol. The topological polar surface area (TPSA) is 29.1 Å². The van der Waals surface area contributed by atoms with Crippen molar-refractivity contribution in [3.8, 4) is 0 Å². The van der Waals surface area contributed by atoms with Crippen molar-refractivity contribution in [1.82, 2.24) is 5.32 Å². The summed E-state index contributed by atoms with van der Waals surface area (Å²) in [5.74, 6) is -0.773. The van der Waals surface area contributed by atoms with E-state index >= 15 is 0 Å². The molecule has 72 valence electrons. The highest BCUT2D eigenvalue weighted by molar-refractivity contribution is 5.81. The SMILES string of the molecule is CC(C)C(F)C(=O)NC(C)(C)C. The van der Waals surface area contributed by atoms with Crippen molar-refractivity contribution in [2.45, 2.75) is 46.3 Å². The highest BCUT2D eigenvalue weighted by Crippen LogP contribution is 2.08. The standard InChI is InChI=1S/C9H18FNO/c1-6(2)7(10)8(12)11-9(3,4)5/h6-7H,1-5H3,(H,11,12). The maximum absolute atomic E-state index is 13.0. The van der Waals surface area contributed by atoms with E-state index in [1.54, 1.807) is 13.8 Å². The third-order valence-corrected chi connectivity index (χ3v) is 1.33. The first kappa shape index (κ1) is 11.4. The zero-order valence-corrected chi connectivity index (χ0v) is 8.44. The van der Waals surface area contributed by atoms with Crippen LogP contribution in [0.5, 0.6) is 0 Å². The summed E-state index contributed by atoms with van der Waals surface area (Å²) < 4.78 is 13.0. The summed E-state index contributed by atoms with van der Waals surface area (Å²) in [7, 11) is 0. The predicted molar refractivity (Wildman–Crippen MR) is 47.6 cm³/mol. The number of carbonyl (C=O) groups is 1. The molecule has 0 saturated carbocycles. The van der Waals surface area contributed by atoms with E-state index in [0.717, 1.165) is 0 Å². The molecule has 1 atom stereocenters. The van der Waals surface area contributed by atoms with Gasteiger partial charge >= 0.3 is 0 Å². The minimum Gasteiger partial charge on any atom is -0.349 e. The molecule has 12 heavy (non-hydrogen) atoms. The van der Waals surface area contributed by atoms with Crippen LogP contribution in [0.25, 0.3) is 0 Å². The Morgan fingerprint density at radius 3 is 2.00 bits per heavy atom. The van der Waals surface area contributed by atoms with Crippen LogP contribution in [0.3, 0.4) is 0 Å². The third-order valence-electron chi connectivity index (χ3n) is 1.33. The minimum atomic E-state index is -1.40. The van der Waals surface area contributed by atoms with Gasteiger partial charge in [-0.2, -0.15) is 0 Å². The van der Waals surface area contributed by atoms with E-state index in [1.807, 2.05) is 20.8 Å². The molecule has 0 bridgehead atoms. The summed E-state index contributed by atoms with van der Waals surface area (Å²) in [5, 5.41) is 2.59. The van der Waals surface area contributed by atoms with Gasteiger partial charge in [0.2, 0.25) is 0 Å². The van der Waals surface area contributed by atoms with Crippen LogP contribution < -0.4 is 5.32 Å². The van der Waals surface area contributed by atoms with Gasteiger partial charge in [0.05, 0.1) is 0 Å². The molecule has 0 saturated heterocycles. The summed E-state index contributed by atoms with van der Waals surface area (Å²) in [4.78, 5) is 11.1. The average molecular weight is 175 g/mol. The number of rotatable bonds is 2. The molecule has 0 radical (unpaired) electrons. The fraction of sp³-hybridized carbons (Fsp3) is 0.889. The van der Waals surface area contributed by atoms with Crippen LogP contribution in [-0.2, 0) is 4.79 Å².